The summed E-state index contributed by atoms with van der Waals surface area (Å²) in [5, 5.41) is 14.9. The summed E-state index contributed by atoms with van der Waals surface area (Å²) in [5.41, 5.74) is 1.28. The number of aromatic carboxylic acids is 1. The van der Waals surface area contributed by atoms with Crippen LogP contribution in [0.1, 0.15) is 35.2 Å². The lowest BCUT2D eigenvalue weighted by Crippen LogP contribution is -2.51. The van der Waals surface area contributed by atoms with Crippen molar-refractivity contribution in [2.45, 2.75) is 31.7 Å². The van der Waals surface area contributed by atoms with E-state index in [1.165, 1.54) is 37.4 Å². The largest absolute Gasteiger partial charge is 0.495 e. The number of urea groups is 1. The molecule has 11 heteroatoms. The molecular weight excluding hydrogens is 519 g/mol. The number of piperidine rings is 1. The number of halogens is 1. The molecule has 0 saturated carbocycles. The summed E-state index contributed by atoms with van der Waals surface area (Å²) in [6, 6.07) is 9.67. The molecule has 3 amide bonds. The van der Waals surface area contributed by atoms with E-state index in [-0.39, 0.29) is 35.3 Å². The van der Waals surface area contributed by atoms with Crippen LogP contribution in [0.3, 0.4) is 0 Å². The van der Waals surface area contributed by atoms with Crippen molar-refractivity contribution < 1.29 is 33.4 Å². The van der Waals surface area contributed by atoms with Gasteiger partial charge in [0, 0.05) is 39.1 Å². The molecule has 0 aliphatic carbocycles. The van der Waals surface area contributed by atoms with Crippen molar-refractivity contribution >= 4 is 23.6 Å². The highest BCUT2D eigenvalue weighted by molar-refractivity contribution is 5.95. The van der Waals surface area contributed by atoms with Crippen LogP contribution < -0.4 is 15.4 Å². The maximum absolute atomic E-state index is 13.4. The molecule has 0 aromatic heterocycles. The summed E-state index contributed by atoms with van der Waals surface area (Å²) in [6.07, 6.45) is 2.79. The average molecular weight is 557 g/mol. The van der Waals surface area contributed by atoms with Crippen LogP contribution in [0.2, 0.25) is 0 Å². The molecule has 2 saturated heterocycles. The van der Waals surface area contributed by atoms with Crippen molar-refractivity contribution in [3.05, 3.63) is 59.4 Å². The number of likely N-dealkylation sites (tertiary alicyclic amines) is 1. The third-order valence-corrected chi connectivity index (χ3v) is 7.34. The van der Waals surface area contributed by atoms with Crippen molar-refractivity contribution in [3.8, 4) is 5.75 Å². The number of carboxylic acids is 1. The first kappa shape index (κ1) is 29.3. The third-order valence-electron chi connectivity index (χ3n) is 7.34. The van der Waals surface area contributed by atoms with E-state index in [9.17, 15) is 23.9 Å². The smallest absolute Gasteiger partial charge is 0.335 e. The summed E-state index contributed by atoms with van der Waals surface area (Å²) in [5.74, 6) is -0.818. The lowest BCUT2D eigenvalue weighted by molar-refractivity contribution is -0.133. The zero-order valence-electron chi connectivity index (χ0n) is 22.7. The van der Waals surface area contributed by atoms with Crippen LogP contribution in [0.4, 0.5) is 14.9 Å². The van der Waals surface area contributed by atoms with E-state index in [1.54, 1.807) is 12.1 Å². The number of methoxy groups -OCH3 is 1. The molecule has 0 radical (unpaired) electrons. The van der Waals surface area contributed by atoms with Gasteiger partial charge in [0.2, 0.25) is 5.91 Å². The highest BCUT2D eigenvalue weighted by atomic mass is 19.1. The topological polar surface area (TPSA) is 120 Å². The van der Waals surface area contributed by atoms with Crippen molar-refractivity contribution in [2.75, 3.05) is 58.4 Å². The van der Waals surface area contributed by atoms with E-state index in [0.717, 1.165) is 24.8 Å². The number of nitrogens with one attached hydrogen (secondary N) is 2. The van der Waals surface area contributed by atoms with Crippen LogP contribution in [0.5, 0.6) is 5.75 Å². The Kier molecular flexibility index (Phi) is 10.3. The number of carbonyl (C=O) groups excluding carboxylic acids is 2. The lowest BCUT2D eigenvalue weighted by Gasteiger charge is -2.35. The molecular formula is C29H37FN4O6. The Morgan fingerprint density at radius 2 is 1.88 bits per heavy atom. The Morgan fingerprint density at radius 3 is 2.58 bits per heavy atom. The number of ether oxygens (including phenoxy) is 2. The van der Waals surface area contributed by atoms with E-state index in [2.05, 4.69) is 15.5 Å². The number of carbonyl (C=O) groups is 3. The number of carboxylic acid groups (broad SMARTS) is 1. The SMILES string of the molecule is COc1ccc(C(=O)O)cc1NC(=O)N[C@@H](CC(=O)N1CCCC(Cc2ccc(F)cc2)C1)CN1CCOCC1. The molecule has 2 aromatic carbocycles. The van der Waals surface area contributed by atoms with Crippen molar-refractivity contribution in [1.82, 2.24) is 15.1 Å². The highest BCUT2D eigenvalue weighted by Crippen LogP contribution is 2.26. The number of hydrogen-bond donors (Lipinski definition) is 3. The van der Waals surface area contributed by atoms with Gasteiger partial charge < -0.3 is 30.1 Å². The van der Waals surface area contributed by atoms with Crippen LogP contribution in [-0.4, -0.2) is 91.9 Å². The lowest BCUT2D eigenvalue weighted by atomic mass is 9.91. The summed E-state index contributed by atoms with van der Waals surface area (Å²) < 4.78 is 24.0. The standard InChI is InChI=1S/C29H37FN4O6/c1-39-26-9-6-22(28(36)37)16-25(26)32-29(38)31-24(19-33-11-13-40-14-12-33)17-27(35)34-10-2-3-21(18-34)15-20-4-7-23(30)8-5-20/h4-9,16,21,24H,2-3,10-15,17-19H2,1H3,(H,36,37)(H2,31,32,38)/t21?,24-/m0/s1. The molecule has 216 valence electrons. The monoisotopic (exact) mass is 556 g/mol. The fraction of sp³-hybridized carbons (Fsp3) is 0.483. The van der Waals surface area contributed by atoms with Gasteiger partial charge in [-0.3, -0.25) is 9.69 Å². The van der Waals surface area contributed by atoms with E-state index >= 15 is 0 Å². The van der Waals surface area contributed by atoms with Gasteiger partial charge in [0.15, 0.2) is 0 Å². The molecule has 2 heterocycles. The second-order valence-corrected chi connectivity index (χ2v) is 10.3. The number of hydrogen-bond acceptors (Lipinski definition) is 6. The molecule has 3 N–H and O–H groups in total. The molecule has 40 heavy (non-hydrogen) atoms. The summed E-state index contributed by atoms with van der Waals surface area (Å²) in [6.45, 7) is 4.33. The number of benzene rings is 2. The van der Waals surface area contributed by atoms with Gasteiger partial charge in [0.05, 0.1) is 37.6 Å². The quantitative estimate of drug-likeness (QED) is 0.411. The van der Waals surface area contributed by atoms with Crippen LogP contribution in [0.25, 0.3) is 0 Å². The minimum atomic E-state index is -1.12. The second-order valence-electron chi connectivity index (χ2n) is 10.3. The van der Waals surface area contributed by atoms with Crippen LogP contribution in [-0.2, 0) is 16.0 Å². The first-order valence-corrected chi connectivity index (χ1v) is 13.6. The molecule has 4 rings (SSSR count). The summed E-state index contributed by atoms with van der Waals surface area (Å²) in [7, 11) is 1.43. The fourth-order valence-electron chi connectivity index (χ4n) is 5.29. The zero-order valence-corrected chi connectivity index (χ0v) is 22.7. The summed E-state index contributed by atoms with van der Waals surface area (Å²) >= 11 is 0. The molecule has 1 unspecified atom stereocenters. The number of amides is 3. The number of morpholine rings is 1. The van der Waals surface area contributed by atoms with Crippen molar-refractivity contribution in [3.63, 3.8) is 0 Å². The Balaban J connectivity index is 1.40. The number of nitrogens with zero attached hydrogens (tertiary/aromatic N) is 2. The zero-order chi connectivity index (χ0) is 28.5. The highest BCUT2D eigenvalue weighted by Gasteiger charge is 2.28. The summed E-state index contributed by atoms with van der Waals surface area (Å²) in [4.78, 5) is 41.9. The van der Waals surface area contributed by atoms with Gasteiger partial charge in [0.1, 0.15) is 11.6 Å². The number of anilines is 1. The third kappa shape index (κ3) is 8.40. The fourth-order valence-corrected chi connectivity index (χ4v) is 5.29. The van der Waals surface area contributed by atoms with Crippen LogP contribution >= 0.6 is 0 Å². The van der Waals surface area contributed by atoms with Crippen LogP contribution in [0.15, 0.2) is 42.5 Å². The maximum Gasteiger partial charge on any atom is 0.335 e. The first-order chi connectivity index (χ1) is 19.3. The van der Waals surface area contributed by atoms with Crippen molar-refractivity contribution in [1.29, 1.82) is 0 Å². The van der Waals surface area contributed by atoms with Gasteiger partial charge >= 0.3 is 12.0 Å². The predicted octanol–water partition coefficient (Wildman–Crippen LogP) is 3.23. The average Bonchev–Trinajstić information content (AvgIpc) is 2.95. The molecule has 2 fully saturated rings. The molecule has 2 aliphatic rings. The number of rotatable bonds is 10. The molecule has 0 bridgehead atoms. The van der Waals surface area contributed by atoms with Gasteiger partial charge in [-0.15, -0.1) is 0 Å². The minimum absolute atomic E-state index is 0.0106. The van der Waals surface area contributed by atoms with E-state index < -0.39 is 18.0 Å². The van der Waals surface area contributed by atoms with Gasteiger partial charge in [-0.2, -0.15) is 0 Å². The van der Waals surface area contributed by atoms with Gasteiger partial charge in [-0.25, -0.2) is 14.0 Å². The molecule has 2 aromatic rings. The minimum Gasteiger partial charge on any atom is -0.495 e. The first-order valence-electron chi connectivity index (χ1n) is 13.6. The molecule has 2 aliphatic heterocycles. The molecule has 2 atom stereocenters. The van der Waals surface area contributed by atoms with Gasteiger partial charge in [-0.1, -0.05) is 12.1 Å². The predicted molar refractivity (Wildman–Crippen MR) is 147 cm³/mol. The van der Waals surface area contributed by atoms with E-state index in [0.29, 0.717) is 51.7 Å². The van der Waals surface area contributed by atoms with Gasteiger partial charge in [0.25, 0.3) is 0 Å². The molecule has 10 nitrogen and oxygen atoms in total. The van der Waals surface area contributed by atoms with E-state index in [4.69, 9.17) is 9.47 Å². The van der Waals surface area contributed by atoms with Crippen LogP contribution in [0, 0.1) is 11.7 Å². The second kappa shape index (κ2) is 14.1. The van der Waals surface area contributed by atoms with E-state index in [1.807, 2.05) is 4.90 Å². The van der Waals surface area contributed by atoms with Gasteiger partial charge in [-0.05, 0) is 61.1 Å². The normalized spacial score (nSPS) is 18.6. The van der Waals surface area contributed by atoms with Crippen molar-refractivity contribution in [2.24, 2.45) is 5.92 Å². The Hall–Kier alpha value is -3.70. The maximum atomic E-state index is 13.4. The molecule has 0 spiro atoms. The Morgan fingerprint density at radius 1 is 1.12 bits per heavy atom. The Bertz CT molecular complexity index is 1170. The Labute approximate surface area is 233 Å².